The number of rotatable bonds is 8. The second-order valence-electron chi connectivity index (χ2n) is 11.1. The monoisotopic (exact) mass is 606 g/mol. The second-order valence-corrected chi connectivity index (χ2v) is 13.2. The minimum Gasteiger partial charge on any atom is -0.337 e. The van der Waals surface area contributed by atoms with E-state index >= 15 is 0 Å². The van der Waals surface area contributed by atoms with Crippen LogP contribution in [0, 0.1) is 11.7 Å². The van der Waals surface area contributed by atoms with Gasteiger partial charge in [-0.05, 0) is 85.0 Å². The third-order valence-electron chi connectivity index (χ3n) is 8.56. The summed E-state index contributed by atoms with van der Waals surface area (Å²) in [7, 11) is -2.08. The van der Waals surface area contributed by atoms with Gasteiger partial charge in [0.25, 0.3) is 0 Å². The average Bonchev–Trinajstić information content (AvgIpc) is 3.37. The maximum absolute atomic E-state index is 14.2. The van der Waals surface area contributed by atoms with Crippen molar-refractivity contribution < 1.29 is 17.6 Å². The van der Waals surface area contributed by atoms with Crippen LogP contribution in [0.2, 0.25) is 5.02 Å². The van der Waals surface area contributed by atoms with Crippen molar-refractivity contribution >= 4 is 33.2 Å². The summed E-state index contributed by atoms with van der Waals surface area (Å²) in [6.07, 6.45) is 7.54. The molecule has 2 aliphatic rings. The number of carbonyl (C=O) groups excluding carboxylic acids is 1. The summed E-state index contributed by atoms with van der Waals surface area (Å²) in [5.41, 5.74) is 3.74. The van der Waals surface area contributed by atoms with E-state index in [-0.39, 0.29) is 27.7 Å². The fourth-order valence-electron chi connectivity index (χ4n) is 6.06. The molecule has 3 aromatic carbocycles. The van der Waals surface area contributed by atoms with Gasteiger partial charge >= 0.3 is 0 Å². The molecule has 1 N–H and O–H groups in total. The summed E-state index contributed by atoms with van der Waals surface area (Å²) in [6.45, 7) is 0.295. The van der Waals surface area contributed by atoms with Crippen LogP contribution in [0.25, 0.3) is 0 Å². The van der Waals surface area contributed by atoms with Crippen LogP contribution in [0.3, 0.4) is 0 Å². The number of sulfonamides is 1. The predicted octanol–water partition coefficient (Wildman–Crippen LogP) is 6.30. The number of carbonyl (C=O) groups is 1. The molecule has 0 bridgehead atoms. The van der Waals surface area contributed by atoms with E-state index in [1.165, 1.54) is 11.6 Å². The van der Waals surface area contributed by atoms with Gasteiger partial charge in [0, 0.05) is 37.1 Å². The molecule has 0 aliphatic heterocycles. The number of amides is 1. The van der Waals surface area contributed by atoms with E-state index in [0.717, 1.165) is 54.8 Å². The van der Waals surface area contributed by atoms with Crippen LogP contribution in [-0.4, -0.2) is 23.9 Å². The molecule has 0 unspecified atom stereocenters. The lowest BCUT2D eigenvalue weighted by molar-refractivity contribution is -0.125. The standard InChI is InChI=1S/C32H32ClFN4O3S/c1-37-17-16-35-31(37)20-38(32(39)26-14-13-25(26)21-6-3-2-4-7-21)23-11-10-22-8-5-9-30(27(22)18-23)36-42(40,41)24-12-15-29(34)28(33)19-24/h2-4,6-7,10-12,15-19,25-26,30,36H,5,8-9,13-14,20H2,1H3/t25-,26+,30-/m1/s1. The molecule has 1 heterocycles. The molecule has 1 aromatic heterocycles. The van der Waals surface area contributed by atoms with Crippen molar-refractivity contribution in [3.05, 3.63) is 112 Å². The van der Waals surface area contributed by atoms with Crippen molar-refractivity contribution in [1.82, 2.24) is 14.3 Å². The summed E-state index contributed by atoms with van der Waals surface area (Å²) in [4.78, 5) is 20.4. The number of nitrogens with one attached hydrogen (secondary N) is 1. The van der Waals surface area contributed by atoms with Crippen LogP contribution >= 0.6 is 11.6 Å². The Hall–Kier alpha value is -3.53. The molecule has 6 rings (SSSR count). The van der Waals surface area contributed by atoms with Gasteiger partial charge in [-0.15, -0.1) is 0 Å². The molecule has 1 saturated carbocycles. The van der Waals surface area contributed by atoms with E-state index < -0.39 is 21.9 Å². The highest BCUT2D eigenvalue weighted by atomic mass is 35.5. The van der Waals surface area contributed by atoms with Crippen molar-refractivity contribution in [2.75, 3.05) is 4.90 Å². The van der Waals surface area contributed by atoms with Crippen molar-refractivity contribution in [3.63, 3.8) is 0 Å². The highest BCUT2D eigenvalue weighted by Crippen LogP contribution is 2.44. The van der Waals surface area contributed by atoms with Gasteiger partial charge in [-0.25, -0.2) is 22.5 Å². The smallest absolute Gasteiger partial charge is 0.241 e. The highest BCUT2D eigenvalue weighted by Gasteiger charge is 2.40. The lowest BCUT2D eigenvalue weighted by Gasteiger charge is -2.39. The lowest BCUT2D eigenvalue weighted by Crippen LogP contribution is -2.43. The number of hydrogen-bond donors (Lipinski definition) is 1. The molecular formula is C32H32ClFN4O3S. The first-order valence-corrected chi connectivity index (χ1v) is 16.0. The van der Waals surface area contributed by atoms with Gasteiger partial charge in [-0.2, -0.15) is 0 Å². The van der Waals surface area contributed by atoms with E-state index in [2.05, 4.69) is 21.8 Å². The first-order chi connectivity index (χ1) is 20.2. The number of anilines is 1. The third kappa shape index (κ3) is 5.61. The van der Waals surface area contributed by atoms with Crippen LogP contribution < -0.4 is 9.62 Å². The fourth-order valence-corrected chi connectivity index (χ4v) is 7.58. The van der Waals surface area contributed by atoms with Gasteiger partial charge in [0.05, 0.1) is 16.5 Å². The lowest BCUT2D eigenvalue weighted by atomic mass is 9.69. The summed E-state index contributed by atoms with van der Waals surface area (Å²) < 4.78 is 45.0. The highest BCUT2D eigenvalue weighted by molar-refractivity contribution is 7.89. The van der Waals surface area contributed by atoms with Crippen molar-refractivity contribution in [2.24, 2.45) is 13.0 Å². The van der Waals surface area contributed by atoms with E-state index in [4.69, 9.17) is 11.6 Å². The Balaban J connectivity index is 1.33. The molecule has 3 atom stereocenters. The minimum atomic E-state index is -3.98. The fraction of sp³-hybridized carbons (Fsp3) is 0.312. The van der Waals surface area contributed by atoms with Gasteiger partial charge in [0.15, 0.2) is 0 Å². The zero-order valence-electron chi connectivity index (χ0n) is 23.2. The Morgan fingerprint density at radius 1 is 1.10 bits per heavy atom. The van der Waals surface area contributed by atoms with Gasteiger partial charge in [-0.1, -0.05) is 48.0 Å². The second kappa shape index (κ2) is 11.6. The number of halogens is 2. The zero-order chi connectivity index (χ0) is 29.4. The maximum Gasteiger partial charge on any atom is 0.241 e. The van der Waals surface area contributed by atoms with Crippen LogP contribution in [-0.2, 0) is 34.8 Å². The van der Waals surface area contributed by atoms with E-state index in [1.807, 2.05) is 54.2 Å². The molecule has 1 fully saturated rings. The number of aryl methyl sites for hydroxylation is 2. The number of benzene rings is 3. The average molecular weight is 607 g/mol. The Labute approximate surface area is 250 Å². The predicted molar refractivity (Wildman–Crippen MR) is 160 cm³/mol. The molecule has 0 saturated heterocycles. The minimum absolute atomic E-state index is 0.0342. The van der Waals surface area contributed by atoms with Crippen molar-refractivity contribution in [3.8, 4) is 0 Å². The largest absolute Gasteiger partial charge is 0.337 e. The molecule has 42 heavy (non-hydrogen) atoms. The summed E-state index contributed by atoms with van der Waals surface area (Å²) >= 11 is 5.88. The summed E-state index contributed by atoms with van der Waals surface area (Å²) in [5, 5.41) is -0.252. The molecule has 0 radical (unpaired) electrons. The molecule has 0 spiro atoms. The van der Waals surface area contributed by atoms with E-state index in [0.29, 0.717) is 18.7 Å². The van der Waals surface area contributed by atoms with E-state index in [9.17, 15) is 17.6 Å². The van der Waals surface area contributed by atoms with Gasteiger partial charge < -0.3 is 9.47 Å². The van der Waals surface area contributed by atoms with Gasteiger partial charge in [0.1, 0.15) is 11.6 Å². The zero-order valence-corrected chi connectivity index (χ0v) is 24.8. The molecule has 218 valence electrons. The third-order valence-corrected chi connectivity index (χ3v) is 10.3. The number of nitrogens with zero attached hydrogens (tertiary/aromatic N) is 3. The summed E-state index contributed by atoms with van der Waals surface area (Å²) in [5.74, 6) is 0.110. The van der Waals surface area contributed by atoms with Crippen LogP contribution in [0.4, 0.5) is 10.1 Å². The first kappa shape index (κ1) is 28.6. The van der Waals surface area contributed by atoms with Gasteiger partial charge in [0.2, 0.25) is 15.9 Å². The molecular weight excluding hydrogens is 575 g/mol. The van der Waals surface area contributed by atoms with E-state index in [1.54, 1.807) is 11.1 Å². The SMILES string of the molecule is Cn1ccnc1CN(C(=O)[C@H]1CC[C@@H]1c1ccccc1)c1ccc2c(c1)[C@H](NS(=O)(=O)c1ccc(F)c(Cl)c1)CCC2. The molecule has 4 aromatic rings. The molecule has 2 aliphatic carbocycles. The van der Waals surface area contributed by atoms with Crippen molar-refractivity contribution in [2.45, 2.75) is 55.5 Å². The number of imidazole rings is 1. The van der Waals surface area contributed by atoms with Gasteiger partial charge in [-0.3, -0.25) is 4.79 Å². The quantitative estimate of drug-likeness (QED) is 0.255. The Kier molecular flexibility index (Phi) is 7.91. The first-order valence-electron chi connectivity index (χ1n) is 14.1. The summed E-state index contributed by atoms with van der Waals surface area (Å²) in [6, 6.07) is 18.9. The number of aromatic nitrogens is 2. The molecule has 1 amide bonds. The topological polar surface area (TPSA) is 84.3 Å². The van der Waals surface area contributed by atoms with Crippen LogP contribution in [0.5, 0.6) is 0 Å². The Morgan fingerprint density at radius 3 is 2.60 bits per heavy atom. The number of hydrogen-bond acceptors (Lipinski definition) is 4. The Morgan fingerprint density at radius 2 is 1.90 bits per heavy atom. The molecule has 10 heteroatoms. The van der Waals surface area contributed by atoms with Crippen LogP contribution in [0.15, 0.2) is 84.0 Å². The normalized spacial score (nSPS) is 20.0. The van der Waals surface area contributed by atoms with Crippen LogP contribution in [0.1, 0.15) is 60.2 Å². The number of fused-ring (bicyclic) bond motifs is 1. The maximum atomic E-state index is 14.2. The Bertz CT molecular complexity index is 1730. The molecule has 7 nitrogen and oxygen atoms in total. The van der Waals surface area contributed by atoms with Crippen molar-refractivity contribution in [1.29, 1.82) is 0 Å².